The Kier molecular flexibility index (Phi) is 5.63. The van der Waals surface area contributed by atoms with E-state index in [1.165, 1.54) is 39.5 Å². The predicted molar refractivity (Wildman–Crippen MR) is 104 cm³/mol. The highest BCUT2D eigenvalue weighted by Crippen LogP contribution is 2.23. The van der Waals surface area contributed by atoms with Crippen LogP contribution in [0.2, 0.25) is 0 Å². The van der Waals surface area contributed by atoms with Crippen LogP contribution >= 0.6 is 0 Å². The maximum absolute atomic E-state index is 12.9. The Bertz CT molecular complexity index is 1120. The molecule has 1 aliphatic rings. The van der Waals surface area contributed by atoms with Gasteiger partial charge in [0.2, 0.25) is 10.0 Å². The van der Waals surface area contributed by atoms with Crippen molar-refractivity contribution in [3.8, 4) is 6.07 Å². The molecule has 0 saturated carbocycles. The van der Waals surface area contributed by atoms with Gasteiger partial charge in [0, 0.05) is 43.4 Å². The van der Waals surface area contributed by atoms with Crippen molar-refractivity contribution in [3.63, 3.8) is 0 Å². The molecule has 0 bridgehead atoms. The molecule has 0 N–H and O–H groups in total. The number of piperazine rings is 1. The molecule has 0 aliphatic carbocycles. The molecule has 9 nitrogen and oxygen atoms in total. The normalized spacial score (nSPS) is 15.0. The highest BCUT2D eigenvalue weighted by atomic mass is 32.2. The van der Waals surface area contributed by atoms with Crippen molar-refractivity contribution in [1.29, 1.82) is 5.26 Å². The standard InChI is InChI=1S/C19H18N4O5S/c1-14-6-7-15(12-17(14)23(25)26)19(24)21-8-10-22(11-9-21)29(27,28)18-5-3-2-4-16(18)13-20/h2-7,12H,8-11H2,1H3. The molecule has 0 aromatic heterocycles. The van der Waals surface area contributed by atoms with E-state index in [-0.39, 0.29) is 53.8 Å². The van der Waals surface area contributed by atoms with Gasteiger partial charge in [0.1, 0.15) is 6.07 Å². The van der Waals surface area contributed by atoms with Gasteiger partial charge in [-0.15, -0.1) is 0 Å². The van der Waals surface area contributed by atoms with Crippen molar-refractivity contribution >= 4 is 21.6 Å². The van der Waals surface area contributed by atoms with Gasteiger partial charge in [-0.1, -0.05) is 18.2 Å². The molecule has 2 aromatic carbocycles. The number of nitro groups is 1. The lowest BCUT2D eigenvalue weighted by Gasteiger charge is -2.34. The van der Waals surface area contributed by atoms with E-state index in [1.807, 2.05) is 6.07 Å². The van der Waals surface area contributed by atoms with Gasteiger partial charge in [0.05, 0.1) is 15.4 Å². The quantitative estimate of drug-likeness (QED) is 0.556. The summed E-state index contributed by atoms with van der Waals surface area (Å²) in [5.41, 5.74) is 0.579. The molecule has 1 aliphatic heterocycles. The van der Waals surface area contributed by atoms with Crippen LogP contribution in [0, 0.1) is 28.4 Å². The molecule has 0 unspecified atom stereocenters. The minimum atomic E-state index is -3.86. The summed E-state index contributed by atoms with van der Waals surface area (Å²) < 4.78 is 27.0. The van der Waals surface area contributed by atoms with Gasteiger partial charge in [-0.3, -0.25) is 14.9 Å². The lowest BCUT2D eigenvalue weighted by Crippen LogP contribution is -2.50. The number of sulfonamides is 1. The Hall–Kier alpha value is -3.29. The number of carbonyl (C=O) groups excluding carboxylic acids is 1. The van der Waals surface area contributed by atoms with E-state index in [0.717, 1.165) is 0 Å². The molecule has 1 fully saturated rings. The summed E-state index contributed by atoms with van der Waals surface area (Å²) >= 11 is 0. The first kappa shape index (κ1) is 20.4. The zero-order valence-corrected chi connectivity index (χ0v) is 16.4. The van der Waals surface area contributed by atoms with Gasteiger partial charge in [0.25, 0.3) is 11.6 Å². The van der Waals surface area contributed by atoms with Gasteiger partial charge in [-0.25, -0.2) is 8.42 Å². The smallest absolute Gasteiger partial charge is 0.273 e. The van der Waals surface area contributed by atoms with Crippen LogP contribution in [0.1, 0.15) is 21.5 Å². The molecular weight excluding hydrogens is 396 g/mol. The molecule has 0 atom stereocenters. The van der Waals surface area contributed by atoms with E-state index >= 15 is 0 Å². The number of benzene rings is 2. The lowest BCUT2D eigenvalue weighted by atomic mass is 10.1. The zero-order chi connectivity index (χ0) is 21.2. The maximum Gasteiger partial charge on any atom is 0.273 e. The van der Waals surface area contributed by atoms with Crippen molar-refractivity contribution in [2.24, 2.45) is 0 Å². The lowest BCUT2D eigenvalue weighted by molar-refractivity contribution is -0.385. The Labute approximate surface area is 168 Å². The summed E-state index contributed by atoms with van der Waals surface area (Å²) in [6.07, 6.45) is 0. The van der Waals surface area contributed by atoms with Crippen molar-refractivity contribution < 1.29 is 18.1 Å². The van der Waals surface area contributed by atoms with Gasteiger partial charge in [-0.2, -0.15) is 9.57 Å². The average Bonchev–Trinajstić information content (AvgIpc) is 2.73. The number of amides is 1. The fourth-order valence-corrected chi connectivity index (χ4v) is 4.74. The topological polar surface area (TPSA) is 125 Å². The Morgan fingerprint density at radius 3 is 2.41 bits per heavy atom. The van der Waals surface area contributed by atoms with E-state index in [1.54, 1.807) is 19.1 Å². The largest absolute Gasteiger partial charge is 0.336 e. The molecule has 1 saturated heterocycles. The number of nitrogens with zero attached hydrogens (tertiary/aromatic N) is 4. The second-order valence-corrected chi connectivity index (χ2v) is 8.47. The second kappa shape index (κ2) is 7.98. The summed E-state index contributed by atoms with van der Waals surface area (Å²) in [5.74, 6) is -0.387. The summed E-state index contributed by atoms with van der Waals surface area (Å²) in [7, 11) is -3.86. The molecule has 1 heterocycles. The Morgan fingerprint density at radius 2 is 1.79 bits per heavy atom. The van der Waals surface area contributed by atoms with Gasteiger partial charge >= 0.3 is 0 Å². The Balaban J connectivity index is 1.75. The first-order valence-electron chi connectivity index (χ1n) is 8.79. The summed E-state index contributed by atoms with van der Waals surface area (Å²) in [6, 6.07) is 12.1. The fraction of sp³-hybridized carbons (Fsp3) is 0.263. The number of nitriles is 1. The third-order valence-electron chi connectivity index (χ3n) is 4.80. The van der Waals surface area contributed by atoms with Gasteiger partial charge in [-0.05, 0) is 25.1 Å². The minimum absolute atomic E-state index is 0.0589. The molecule has 1 amide bonds. The average molecular weight is 414 g/mol. The van der Waals surface area contributed by atoms with Gasteiger partial charge in [0.15, 0.2) is 0 Å². The molecule has 0 spiro atoms. The molecular formula is C19H18N4O5S. The Morgan fingerprint density at radius 1 is 1.14 bits per heavy atom. The number of aryl methyl sites for hydroxylation is 1. The van der Waals surface area contributed by atoms with Crippen LogP contribution in [-0.2, 0) is 10.0 Å². The van der Waals surface area contributed by atoms with Crippen molar-refractivity contribution in [1.82, 2.24) is 9.21 Å². The molecule has 10 heteroatoms. The highest BCUT2D eigenvalue weighted by molar-refractivity contribution is 7.89. The van der Waals surface area contributed by atoms with E-state index < -0.39 is 14.9 Å². The number of carbonyl (C=O) groups is 1. The van der Waals surface area contributed by atoms with Crippen LogP contribution in [0.15, 0.2) is 47.4 Å². The van der Waals surface area contributed by atoms with Crippen molar-refractivity contribution in [3.05, 3.63) is 69.3 Å². The van der Waals surface area contributed by atoms with Crippen molar-refractivity contribution in [2.75, 3.05) is 26.2 Å². The van der Waals surface area contributed by atoms with Crippen LogP contribution in [-0.4, -0.2) is 54.6 Å². The number of hydrogen-bond donors (Lipinski definition) is 0. The number of rotatable bonds is 4. The molecule has 150 valence electrons. The molecule has 2 aromatic rings. The predicted octanol–water partition coefficient (Wildman–Crippen LogP) is 1.92. The van der Waals surface area contributed by atoms with E-state index in [0.29, 0.717) is 5.56 Å². The first-order valence-corrected chi connectivity index (χ1v) is 10.2. The highest BCUT2D eigenvalue weighted by Gasteiger charge is 2.32. The maximum atomic E-state index is 12.9. The monoisotopic (exact) mass is 414 g/mol. The van der Waals surface area contributed by atoms with E-state index in [2.05, 4.69) is 0 Å². The SMILES string of the molecule is Cc1ccc(C(=O)N2CCN(S(=O)(=O)c3ccccc3C#N)CC2)cc1[N+](=O)[O-]. The van der Waals surface area contributed by atoms with Crippen LogP contribution < -0.4 is 0 Å². The number of nitro benzene ring substituents is 1. The second-order valence-electron chi connectivity index (χ2n) is 6.56. The minimum Gasteiger partial charge on any atom is -0.336 e. The van der Waals surface area contributed by atoms with Crippen LogP contribution in [0.5, 0.6) is 0 Å². The van der Waals surface area contributed by atoms with Crippen molar-refractivity contribution in [2.45, 2.75) is 11.8 Å². The third-order valence-corrected chi connectivity index (χ3v) is 6.76. The van der Waals surface area contributed by atoms with Gasteiger partial charge < -0.3 is 4.90 Å². The van der Waals surface area contributed by atoms with Crippen LogP contribution in [0.3, 0.4) is 0 Å². The molecule has 0 radical (unpaired) electrons. The molecule has 3 rings (SSSR count). The fourth-order valence-electron chi connectivity index (χ4n) is 3.18. The zero-order valence-electron chi connectivity index (χ0n) is 15.6. The first-order chi connectivity index (χ1) is 13.8. The number of hydrogen-bond acceptors (Lipinski definition) is 6. The van der Waals surface area contributed by atoms with Crippen LogP contribution in [0.25, 0.3) is 0 Å². The summed E-state index contributed by atoms with van der Waals surface area (Å²) in [5, 5.41) is 20.3. The van der Waals surface area contributed by atoms with Crippen LogP contribution in [0.4, 0.5) is 5.69 Å². The van der Waals surface area contributed by atoms with E-state index in [9.17, 15) is 23.3 Å². The summed E-state index contributed by atoms with van der Waals surface area (Å²) in [6.45, 7) is 2.03. The summed E-state index contributed by atoms with van der Waals surface area (Å²) in [4.78, 5) is 24.7. The molecule has 29 heavy (non-hydrogen) atoms. The third kappa shape index (κ3) is 3.96. The van der Waals surface area contributed by atoms with E-state index in [4.69, 9.17) is 5.26 Å².